The third-order valence-electron chi connectivity index (χ3n) is 7.18. The summed E-state index contributed by atoms with van der Waals surface area (Å²) in [5.41, 5.74) is -2.79. The summed E-state index contributed by atoms with van der Waals surface area (Å²) in [6.07, 6.45) is -6.52. The molecule has 2 saturated heterocycles. The maximum atomic E-state index is 13.3. The molecule has 0 saturated carbocycles. The average Bonchev–Trinajstić information content (AvgIpc) is 3.31. The minimum Gasteiger partial charge on any atom is -0.395 e. The van der Waals surface area contributed by atoms with Crippen LogP contribution in [0.3, 0.4) is 0 Å². The number of aliphatic hydroxyl groups is 1. The first-order valence-corrected chi connectivity index (χ1v) is 12.1. The quantitative estimate of drug-likeness (QED) is 0.572. The maximum absolute atomic E-state index is 13.3. The van der Waals surface area contributed by atoms with Crippen molar-refractivity contribution in [3.63, 3.8) is 0 Å². The van der Waals surface area contributed by atoms with E-state index in [0.717, 1.165) is 32.2 Å². The molecule has 6 nitrogen and oxygen atoms in total. The fourth-order valence-corrected chi connectivity index (χ4v) is 5.33. The number of piperidine rings is 1. The maximum Gasteiger partial charge on any atom is 0.416 e. The van der Waals surface area contributed by atoms with E-state index in [9.17, 15) is 36.2 Å². The lowest BCUT2D eigenvalue weighted by Gasteiger charge is -2.39. The Morgan fingerprint density at radius 3 is 1.95 bits per heavy atom. The van der Waals surface area contributed by atoms with Gasteiger partial charge in [0.2, 0.25) is 0 Å². The second-order valence-electron chi connectivity index (χ2n) is 9.63. The molecular formula is C25H28F6N4O2. The number of likely N-dealkylation sites (tertiary alicyclic amines) is 2. The van der Waals surface area contributed by atoms with E-state index in [1.54, 1.807) is 4.90 Å². The number of carbonyl (C=O) groups excluding carboxylic acids is 1. The van der Waals surface area contributed by atoms with E-state index < -0.39 is 29.0 Å². The molecule has 12 heteroatoms. The van der Waals surface area contributed by atoms with Crippen molar-refractivity contribution in [3.8, 4) is 11.4 Å². The van der Waals surface area contributed by atoms with Crippen LogP contribution >= 0.6 is 0 Å². The number of halogens is 6. The highest BCUT2D eigenvalue weighted by molar-refractivity contribution is 5.96. The van der Waals surface area contributed by atoms with Crippen molar-refractivity contribution in [1.29, 1.82) is 0 Å². The molecule has 2 aliphatic rings. The Balaban J connectivity index is 1.57. The summed E-state index contributed by atoms with van der Waals surface area (Å²) in [7, 11) is 0. The minimum absolute atomic E-state index is 0.0512. The van der Waals surface area contributed by atoms with Gasteiger partial charge in [0.15, 0.2) is 5.82 Å². The topological polar surface area (TPSA) is 69.6 Å². The minimum atomic E-state index is -4.99. The molecule has 37 heavy (non-hydrogen) atoms. The second-order valence-corrected chi connectivity index (χ2v) is 9.63. The van der Waals surface area contributed by atoms with Crippen LogP contribution in [0, 0.1) is 13.8 Å². The molecule has 0 bridgehead atoms. The van der Waals surface area contributed by atoms with Crippen molar-refractivity contribution >= 4 is 5.91 Å². The van der Waals surface area contributed by atoms with Crippen LogP contribution in [0.2, 0.25) is 0 Å². The third kappa shape index (κ3) is 5.74. The molecule has 202 valence electrons. The molecule has 0 unspecified atom stereocenters. The van der Waals surface area contributed by atoms with Gasteiger partial charge in [0.25, 0.3) is 5.91 Å². The molecule has 1 atom stereocenters. The van der Waals surface area contributed by atoms with E-state index in [1.807, 2.05) is 0 Å². The van der Waals surface area contributed by atoms with E-state index in [1.165, 1.54) is 13.8 Å². The lowest BCUT2D eigenvalue weighted by atomic mass is 10.0. The molecule has 0 aliphatic carbocycles. The number of aromatic nitrogens is 2. The van der Waals surface area contributed by atoms with Crippen LogP contribution in [0.25, 0.3) is 11.4 Å². The van der Waals surface area contributed by atoms with Crippen molar-refractivity contribution in [2.24, 2.45) is 0 Å². The molecule has 1 N–H and O–H groups in total. The number of aliphatic hydroxyl groups excluding tert-OH is 1. The first kappa shape index (κ1) is 27.3. The first-order valence-electron chi connectivity index (χ1n) is 12.1. The molecule has 1 aromatic heterocycles. The van der Waals surface area contributed by atoms with Gasteiger partial charge in [-0.2, -0.15) is 26.3 Å². The zero-order valence-corrected chi connectivity index (χ0v) is 20.5. The Morgan fingerprint density at radius 1 is 0.919 bits per heavy atom. The summed E-state index contributed by atoms with van der Waals surface area (Å²) in [6, 6.07) is 1.62. The molecule has 1 amide bonds. The molecule has 3 heterocycles. The molecule has 4 rings (SSSR count). The number of amides is 1. The van der Waals surface area contributed by atoms with Crippen molar-refractivity contribution in [3.05, 3.63) is 46.3 Å². The number of carbonyl (C=O) groups is 1. The monoisotopic (exact) mass is 530 g/mol. The lowest BCUT2D eigenvalue weighted by molar-refractivity contribution is -0.143. The number of benzene rings is 1. The van der Waals surface area contributed by atoms with Gasteiger partial charge in [-0.25, -0.2) is 9.97 Å². The van der Waals surface area contributed by atoms with Crippen molar-refractivity contribution < 1.29 is 36.2 Å². The van der Waals surface area contributed by atoms with Gasteiger partial charge in [-0.05, 0) is 64.3 Å². The normalized spacial score (nSPS) is 20.0. The Morgan fingerprint density at radius 2 is 1.46 bits per heavy atom. The van der Waals surface area contributed by atoms with Gasteiger partial charge in [-0.15, -0.1) is 0 Å². The summed E-state index contributed by atoms with van der Waals surface area (Å²) >= 11 is 0. The Labute approximate surface area is 210 Å². The Hall–Kier alpha value is -2.73. The molecule has 1 aromatic carbocycles. The van der Waals surface area contributed by atoms with Crippen LogP contribution in [0.4, 0.5) is 26.3 Å². The summed E-state index contributed by atoms with van der Waals surface area (Å²) in [4.78, 5) is 25.6. The zero-order valence-electron chi connectivity index (χ0n) is 20.5. The number of alkyl halides is 6. The lowest BCUT2D eigenvalue weighted by Crippen LogP contribution is -2.49. The van der Waals surface area contributed by atoms with Crippen LogP contribution < -0.4 is 0 Å². The smallest absolute Gasteiger partial charge is 0.395 e. The fraction of sp³-hybridized carbons (Fsp3) is 0.560. The first-order chi connectivity index (χ1) is 17.3. The van der Waals surface area contributed by atoms with Crippen LogP contribution in [-0.4, -0.2) is 69.1 Å². The van der Waals surface area contributed by atoms with Gasteiger partial charge >= 0.3 is 12.4 Å². The van der Waals surface area contributed by atoms with Gasteiger partial charge in [-0.3, -0.25) is 9.69 Å². The summed E-state index contributed by atoms with van der Waals surface area (Å²) in [5, 5.41) is 9.60. The number of hydrogen-bond acceptors (Lipinski definition) is 5. The summed E-state index contributed by atoms with van der Waals surface area (Å²) in [6.45, 7) is 4.99. The van der Waals surface area contributed by atoms with Crippen molar-refractivity contribution in [1.82, 2.24) is 19.8 Å². The molecular weight excluding hydrogens is 502 g/mol. The van der Waals surface area contributed by atoms with Gasteiger partial charge in [0, 0.05) is 30.7 Å². The van der Waals surface area contributed by atoms with Crippen LogP contribution in [0.1, 0.15) is 58.6 Å². The zero-order chi connectivity index (χ0) is 27.1. The third-order valence-corrected chi connectivity index (χ3v) is 7.18. The molecule has 0 radical (unpaired) electrons. The van der Waals surface area contributed by atoms with E-state index in [2.05, 4.69) is 14.9 Å². The SMILES string of the molecule is Cc1nc(-c2cc(C(F)(F)F)cc(C(F)(F)F)c2)nc(C)c1C(=O)N1CCC(N2CCC[C@H]2CO)CC1. The van der Waals surface area contributed by atoms with E-state index in [-0.39, 0.29) is 53.4 Å². The van der Waals surface area contributed by atoms with E-state index in [0.29, 0.717) is 25.2 Å². The number of rotatable bonds is 4. The number of hydrogen-bond donors (Lipinski definition) is 1. The van der Waals surface area contributed by atoms with Crippen LogP contribution in [-0.2, 0) is 12.4 Å². The Kier molecular flexibility index (Phi) is 7.53. The van der Waals surface area contributed by atoms with Gasteiger partial charge in [0.1, 0.15) is 0 Å². The highest BCUT2D eigenvalue weighted by atomic mass is 19.4. The average molecular weight is 531 g/mol. The predicted molar refractivity (Wildman–Crippen MR) is 123 cm³/mol. The van der Waals surface area contributed by atoms with Gasteiger partial charge < -0.3 is 10.0 Å². The summed E-state index contributed by atoms with van der Waals surface area (Å²) < 4.78 is 79.7. The standard InChI is InChI=1S/C25H28F6N4O2/c1-14-21(23(37)34-8-5-19(6-9-34)35-7-3-4-20(35)13-36)15(2)33-22(32-14)16-10-17(24(26,27)28)12-18(11-16)25(29,30)31/h10-12,19-20,36H,3-9,13H2,1-2H3/t20-/m0/s1. The van der Waals surface area contributed by atoms with Crippen molar-refractivity contribution in [2.45, 2.75) is 64.0 Å². The van der Waals surface area contributed by atoms with Gasteiger partial charge in [-0.1, -0.05) is 0 Å². The highest BCUT2D eigenvalue weighted by Gasteiger charge is 2.38. The molecule has 2 aliphatic heterocycles. The molecule has 2 aromatic rings. The predicted octanol–water partition coefficient (Wildman–Crippen LogP) is 4.86. The highest BCUT2D eigenvalue weighted by Crippen LogP contribution is 2.38. The molecule has 2 fully saturated rings. The summed E-state index contributed by atoms with van der Waals surface area (Å²) in [5.74, 6) is -0.633. The van der Waals surface area contributed by atoms with Crippen molar-refractivity contribution in [2.75, 3.05) is 26.2 Å². The largest absolute Gasteiger partial charge is 0.416 e. The fourth-order valence-electron chi connectivity index (χ4n) is 5.33. The second kappa shape index (κ2) is 10.2. The van der Waals surface area contributed by atoms with Crippen LogP contribution in [0.15, 0.2) is 18.2 Å². The van der Waals surface area contributed by atoms with E-state index >= 15 is 0 Å². The molecule has 0 spiro atoms. The number of nitrogens with zero attached hydrogens (tertiary/aromatic N) is 4. The van der Waals surface area contributed by atoms with E-state index in [4.69, 9.17) is 0 Å². The Bertz CT molecular complexity index is 1100. The number of aryl methyl sites for hydroxylation is 2. The van der Waals surface area contributed by atoms with Crippen LogP contribution in [0.5, 0.6) is 0 Å². The van der Waals surface area contributed by atoms with Gasteiger partial charge in [0.05, 0.1) is 34.7 Å².